The monoisotopic (exact) mass is 383 g/mol. The predicted molar refractivity (Wildman–Crippen MR) is 108 cm³/mol. The minimum Gasteiger partial charge on any atom is -0.338 e. The summed E-state index contributed by atoms with van der Waals surface area (Å²) in [4.78, 5) is 20.4. The molecule has 6 heteroatoms. The van der Waals surface area contributed by atoms with E-state index in [1.165, 1.54) is 10.4 Å². The molecule has 1 aromatic carbocycles. The molecule has 26 heavy (non-hydrogen) atoms. The molecule has 0 bridgehead atoms. The minimum atomic E-state index is 0.145. The van der Waals surface area contributed by atoms with Gasteiger partial charge in [0.2, 0.25) is 0 Å². The lowest BCUT2D eigenvalue weighted by Crippen LogP contribution is -2.32. The Bertz CT molecular complexity index is 829. The lowest BCUT2D eigenvalue weighted by atomic mass is 10.1. The van der Waals surface area contributed by atoms with Crippen molar-refractivity contribution in [3.05, 3.63) is 76.5 Å². The predicted octanol–water partition coefficient (Wildman–Crippen LogP) is 4.31. The maximum absolute atomic E-state index is 12.9. The van der Waals surface area contributed by atoms with Crippen LogP contribution >= 0.6 is 23.1 Å². The van der Waals surface area contributed by atoms with Crippen LogP contribution in [0.4, 0.5) is 0 Å². The summed E-state index contributed by atoms with van der Waals surface area (Å²) in [6, 6.07) is 12.3. The second kappa shape index (κ2) is 8.10. The Morgan fingerprint density at radius 3 is 2.81 bits per heavy atom. The third kappa shape index (κ3) is 4.02. The molecule has 3 heterocycles. The van der Waals surface area contributed by atoms with E-state index in [4.69, 9.17) is 0 Å². The van der Waals surface area contributed by atoms with Crippen molar-refractivity contribution in [2.75, 3.05) is 18.8 Å². The Balaban J connectivity index is 1.39. The Morgan fingerprint density at radius 2 is 2.08 bits per heavy atom. The van der Waals surface area contributed by atoms with Crippen LogP contribution in [0.1, 0.15) is 32.5 Å². The maximum atomic E-state index is 12.9. The first-order valence-electron chi connectivity index (χ1n) is 8.78. The number of nitrogens with zero attached hydrogens (tertiary/aromatic N) is 3. The highest BCUT2D eigenvalue weighted by atomic mass is 32.2. The average molecular weight is 384 g/mol. The molecule has 2 aromatic heterocycles. The van der Waals surface area contributed by atoms with Crippen LogP contribution in [0.5, 0.6) is 0 Å². The first kappa shape index (κ1) is 17.4. The number of aromatic nitrogens is 2. The largest absolute Gasteiger partial charge is 0.338 e. The van der Waals surface area contributed by atoms with Gasteiger partial charge in [-0.15, -0.1) is 11.3 Å². The van der Waals surface area contributed by atoms with Gasteiger partial charge < -0.3 is 9.47 Å². The van der Waals surface area contributed by atoms with Gasteiger partial charge in [0.25, 0.3) is 5.91 Å². The van der Waals surface area contributed by atoms with Crippen LogP contribution in [0.3, 0.4) is 0 Å². The molecule has 4 nitrogen and oxygen atoms in total. The van der Waals surface area contributed by atoms with E-state index < -0.39 is 0 Å². The van der Waals surface area contributed by atoms with Gasteiger partial charge in [0.15, 0.2) is 0 Å². The molecular formula is C20H21N3OS2. The molecule has 1 aliphatic rings. The zero-order chi connectivity index (χ0) is 17.8. The number of carbonyl (C=O) groups excluding carboxylic acids is 1. The summed E-state index contributed by atoms with van der Waals surface area (Å²) in [6.07, 6.45) is 6.55. The van der Waals surface area contributed by atoms with Crippen LogP contribution < -0.4 is 0 Å². The number of hydrogen-bond donors (Lipinski definition) is 0. The fourth-order valence-electron chi connectivity index (χ4n) is 3.20. The van der Waals surface area contributed by atoms with Gasteiger partial charge in [-0.2, -0.15) is 11.8 Å². The maximum Gasteiger partial charge on any atom is 0.253 e. The van der Waals surface area contributed by atoms with Crippen molar-refractivity contribution in [2.45, 2.75) is 18.2 Å². The van der Waals surface area contributed by atoms with Gasteiger partial charge in [-0.1, -0.05) is 18.2 Å². The van der Waals surface area contributed by atoms with Crippen molar-refractivity contribution in [2.24, 2.45) is 0 Å². The van der Waals surface area contributed by atoms with E-state index in [1.54, 1.807) is 12.5 Å². The molecule has 1 amide bonds. The van der Waals surface area contributed by atoms with Crippen molar-refractivity contribution in [3.63, 3.8) is 0 Å². The van der Waals surface area contributed by atoms with Crippen molar-refractivity contribution in [1.29, 1.82) is 0 Å². The van der Waals surface area contributed by atoms with E-state index in [0.29, 0.717) is 5.25 Å². The number of carbonyl (C=O) groups is 1. The highest BCUT2D eigenvalue weighted by Crippen LogP contribution is 2.36. The van der Waals surface area contributed by atoms with Crippen molar-refractivity contribution in [1.82, 2.24) is 14.5 Å². The quantitative estimate of drug-likeness (QED) is 0.674. The molecule has 0 radical (unpaired) electrons. The third-order valence-electron chi connectivity index (χ3n) is 4.61. The van der Waals surface area contributed by atoms with Gasteiger partial charge in [0.05, 0.1) is 6.33 Å². The minimum absolute atomic E-state index is 0.145. The SMILES string of the molecule is O=C(c1ccc(Cn2ccnc2)cc1)N1CCS[C@@H](c2cccs2)CC1. The highest BCUT2D eigenvalue weighted by Gasteiger charge is 2.23. The molecular weight excluding hydrogens is 362 g/mol. The molecule has 0 N–H and O–H groups in total. The highest BCUT2D eigenvalue weighted by molar-refractivity contribution is 7.99. The molecule has 1 saturated heterocycles. The van der Waals surface area contributed by atoms with Gasteiger partial charge in [-0.3, -0.25) is 4.79 Å². The lowest BCUT2D eigenvalue weighted by molar-refractivity contribution is 0.0766. The lowest BCUT2D eigenvalue weighted by Gasteiger charge is -2.20. The number of rotatable bonds is 4. The number of imidazole rings is 1. The number of benzene rings is 1. The van der Waals surface area contributed by atoms with Crippen LogP contribution in [0.15, 0.2) is 60.5 Å². The molecule has 0 aliphatic carbocycles. The van der Waals surface area contributed by atoms with Gasteiger partial charge in [-0.05, 0) is 35.6 Å². The summed E-state index contributed by atoms with van der Waals surface area (Å²) in [7, 11) is 0. The van der Waals surface area contributed by atoms with Crippen LogP contribution in [-0.2, 0) is 6.54 Å². The normalized spacial score (nSPS) is 17.8. The Labute approximate surface area is 161 Å². The molecule has 0 spiro atoms. The number of amides is 1. The zero-order valence-electron chi connectivity index (χ0n) is 14.5. The first-order chi connectivity index (χ1) is 12.8. The summed E-state index contributed by atoms with van der Waals surface area (Å²) in [6.45, 7) is 2.42. The van der Waals surface area contributed by atoms with E-state index in [9.17, 15) is 4.79 Å². The summed E-state index contributed by atoms with van der Waals surface area (Å²) in [5.74, 6) is 1.14. The zero-order valence-corrected chi connectivity index (χ0v) is 16.1. The molecule has 1 atom stereocenters. The smallest absolute Gasteiger partial charge is 0.253 e. The van der Waals surface area contributed by atoms with Crippen LogP contribution in [0.2, 0.25) is 0 Å². The summed E-state index contributed by atoms with van der Waals surface area (Å²) in [5, 5.41) is 2.65. The van der Waals surface area contributed by atoms with Gasteiger partial charge >= 0.3 is 0 Å². The van der Waals surface area contributed by atoms with E-state index in [0.717, 1.165) is 37.4 Å². The molecule has 4 rings (SSSR count). The summed E-state index contributed by atoms with van der Waals surface area (Å²) >= 11 is 3.79. The number of thioether (sulfide) groups is 1. The average Bonchev–Trinajstić information content (AvgIpc) is 3.33. The van der Waals surface area contributed by atoms with Gasteiger partial charge in [0.1, 0.15) is 0 Å². The fraction of sp³-hybridized carbons (Fsp3) is 0.300. The van der Waals surface area contributed by atoms with Crippen LogP contribution in [0, 0.1) is 0 Å². The standard InChI is InChI=1S/C20H21N3OS2/c24-20(17-5-3-16(4-6-17)14-22-10-8-21-15-22)23-9-7-19(26-13-11-23)18-2-1-12-25-18/h1-6,8,10,12,15,19H,7,9,11,13-14H2/t19-/m1/s1. The van der Waals surface area contributed by atoms with Gasteiger partial charge in [-0.25, -0.2) is 4.98 Å². The van der Waals surface area contributed by atoms with E-state index in [1.807, 2.05) is 63.0 Å². The van der Waals surface area contributed by atoms with Crippen molar-refractivity contribution >= 4 is 29.0 Å². The van der Waals surface area contributed by atoms with Crippen LogP contribution in [0.25, 0.3) is 0 Å². The first-order valence-corrected chi connectivity index (χ1v) is 10.7. The van der Waals surface area contributed by atoms with Gasteiger partial charge in [0, 0.05) is 53.5 Å². The molecule has 1 aliphatic heterocycles. The Hall–Kier alpha value is -2.05. The fourth-order valence-corrected chi connectivity index (χ4v) is 5.44. The summed E-state index contributed by atoms with van der Waals surface area (Å²) in [5.41, 5.74) is 1.95. The summed E-state index contributed by atoms with van der Waals surface area (Å²) < 4.78 is 2.02. The molecule has 0 saturated carbocycles. The molecule has 134 valence electrons. The van der Waals surface area contributed by atoms with Crippen molar-refractivity contribution in [3.8, 4) is 0 Å². The molecule has 1 fully saturated rings. The number of hydrogen-bond acceptors (Lipinski definition) is 4. The second-order valence-electron chi connectivity index (χ2n) is 6.39. The van der Waals surface area contributed by atoms with E-state index in [-0.39, 0.29) is 5.91 Å². The Kier molecular flexibility index (Phi) is 5.41. The molecule has 0 unspecified atom stereocenters. The number of thiophene rings is 1. The van der Waals surface area contributed by atoms with Crippen molar-refractivity contribution < 1.29 is 4.79 Å². The second-order valence-corrected chi connectivity index (χ2v) is 8.68. The van der Waals surface area contributed by atoms with Crippen LogP contribution in [-0.4, -0.2) is 39.2 Å². The van der Waals surface area contributed by atoms with E-state index >= 15 is 0 Å². The van der Waals surface area contributed by atoms with E-state index in [2.05, 4.69) is 22.5 Å². The molecule has 3 aromatic rings. The topological polar surface area (TPSA) is 38.1 Å². The third-order valence-corrected chi connectivity index (χ3v) is 7.06. The Morgan fingerprint density at radius 1 is 1.19 bits per heavy atom.